The fraction of sp³-hybridized carbons (Fsp3) is 0.611. The van der Waals surface area contributed by atoms with Gasteiger partial charge in [0.1, 0.15) is 0 Å². The molecule has 1 aromatic carbocycles. The Morgan fingerprint density at radius 3 is 2.57 bits per heavy atom. The smallest absolute Gasteiger partial charge is 0.223 e. The molecule has 1 N–H and O–H groups in total. The lowest BCUT2D eigenvalue weighted by Crippen LogP contribution is -2.30. The summed E-state index contributed by atoms with van der Waals surface area (Å²) >= 11 is 0. The van der Waals surface area contributed by atoms with Crippen LogP contribution in [-0.4, -0.2) is 29.0 Å². The van der Waals surface area contributed by atoms with E-state index in [9.17, 15) is 9.90 Å². The molecule has 2 unspecified atom stereocenters. The average Bonchev–Trinajstić information content (AvgIpc) is 2.80. The van der Waals surface area contributed by atoms with Gasteiger partial charge in [0.05, 0.1) is 12.6 Å². The molecule has 1 saturated heterocycles. The Hall–Kier alpha value is -1.35. The van der Waals surface area contributed by atoms with Crippen LogP contribution >= 0.6 is 0 Å². The minimum atomic E-state index is -0.579. The second-order valence-corrected chi connectivity index (χ2v) is 6.16. The molecule has 0 spiro atoms. The van der Waals surface area contributed by atoms with Crippen LogP contribution in [0.5, 0.6) is 0 Å². The molecular formula is C18H27NO2. The van der Waals surface area contributed by atoms with E-state index in [0.717, 1.165) is 37.8 Å². The van der Waals surface area contributed by atoms with Crippen LogP contribution in [0.2, 0.25) is 0 Å². The summed E-state index contributed by atoms with van der Waals surface area (Å²) < 4.78 is 0. The number of likely N-dealkylation sites (tertiary alicyclic amines) is 1. The Labute approximate surface area is 128 Å². The van der Waals surface area contributed by atoms with Crippen LogP contribution in [0.15, 0.2) is 24.3 Å². The molecular weight excluding hydrogens is 262 g/mol. The molecule has 0 aromatic heterocycles. The summed E-state index contributed by atoms with van der Waals surface area (Å²) in [5.41, 5.74) is 2.20. The number of aliphatic hydroxyl groups excluding tert-OH is 1. The lowest BCUT2D eigenvalue weighted by Gasteiger charge is -2.21. The van der Waals surface area contributed by atoms with Gasteiger partial charge in [-0.05, 0) is 29.9 Å². The molecule has 1 aliphatic rings. The molecule has 2 rings (SSSR count). The molecule has 0 radical (unpaired) electrons. The van der Waals surface area contributed by atoms with Crippen molar-refractivity contribution in [3.05, 3.63) is 35.4 Å². The molecule has 2 atom stereocenters. The summed E-state index contributed by atoms with van der Waals surface area (Å²) in [5.74, 6) is 0.664. The number of aliphatic hydroxyl groups is 1. The first-order valence-electron chi connectivity index (χ1n) is 8.18. The van der Waals surface area contributed by atoms with Crippen LogP contribution in [0, 0.1) is 5.92 Å². The van der Waals surface area contributed by atoms with Crippen molar-refractivity contribution in [2.45, 2.75) is 52.1 Å². The Balaban J connectivity index is 1.91. The van der Waals surface area contributed by atoms with Gasteiger partial charge < -0.3 is 10.0 Å². The van der Waals surface area contributed by atoms with Gasteiger partial charge in [0.2, 0.25) is 5.91 Å². The van der Waals surface area contributed by atoms with Gasteiger partial charge >= 0.3 is 0 Å². The molecule has 0 aliphatic carbocycles. The number of carbonyl (C=O) groups excluding carboxylic acids is 1. The lowest BCUT2D eigenvalue weighted by atomic mass is 10.0. The van der Waals surface area contributed by atoms with Gasteiger partial charge in [-0.1, -0.05) is 51.0 Å². The van der Waals surface area contributed by atoms with Crippen LogP contribution in [0.4, 0.5) is 0 Å². The van der Waals surface area contributed by atoms with Crippen molar-refractivity contribution < 1.29 is 9.90 Å². The van der Waals surface area contributed by atoms with Crippen LogP contribution in [0.3, 0.4) is 0 Å². The number of carbonyl (C=O) groups is 1. The monoisotopic (exact) mass is 289 g/mol. The largest absolute Gasteiger partial charge is 0.387 e. The van der Waals surface area contributed by atoms with Crippen molar-refractivity contribution in [3.63, 3.8) is 0 Å². The second-order valence-electron chi connectivity index (χ2n) is 6.16. The molecule has 21 heavy (non-hydrogen) atoms. The van der Waals surface area contributed by atoms with Crippen molar-refractivity contribution in [1.82, 2.24) is 4.90 Å². The van der Waals surface area contributed by atoms with Gasteiger partial charge in [0.15, 0.2) is 0 Å². The maximum absolute atomic E-state index is 12.0. The number of benzene rings is 1. The molecule has 0 saturated carbocycles. The molecule has 1 amide bonds. The second kappa shape index (κ2) is 7.60. The van der Waals surface area contributed by atoms with Gasteiger partial charge in [-0.3, -0.25) is 4.79 Å². The molecule has 1 aliphatic heterocycles. The number of β-amino-alcohol motifs (C(OH)–C–C–N with tert-alkyl or cyclic N) is 1. The molecule has 1 aromatic rings. The zero-order chi connectivity index (χ0) is 15.2. The average molecular weight is 289 g/mol. The maximum atomic E-state index is 12.0. The molecule has 3 nitrogen and oxygen atoms in total. The van der Waals surface area contributed by atoms with E-state index in [1.807, 2.05) is 17.0 Å². The van der Waals surface area contributed by atoms with E-state index in [4.69, 9.17) is 0 Å². The van der Waals surface area contributed by atoms with E-state index in [0.29, 0.717) is 18.9 Å². The Bertz CT molecular complexity index is 455. The molecule has 1 fully saturated rings. The normalized spacial score (nSPS) is 20.0. The summed E-state index contributed by atoms with van der Waals surface area (Å²) in [5, 5.41) is 10.3. The van der Waals surface area contributed by atoms with Gasteiger partial charge in [0, 0.05) is 13.0 Å². The highest BCUT2D eigenvalue weighted by Gasteiger charge is 2.30. The number of hydrogen-bond donors (Lipinski definition) is 1. The van der Waals surface area contributed by atoms with Crippen molar-refractivity contribution >= 4 is 5.91 Å². The van der Waals surface area contributed by atoms with E-state index >= 15 is 0 Å². The summed E-state index contributed by atoms with van der Waals surface area (Å²) in [6, 6.07) is 8.13. The fourth-order valence-corrected chi connectivity index (χ4v) is 3.14. The first-order valence-corrected chi connectivity index (χ1v) is 8.18. The third-order valence-electron chi connectivity index (χ3n) is 4.29. The lowest BCUT2D eigenvalue weighted by molar-refractivity contribution is -0.129. The molecule has 1 heterocycles. The van der Waals surface area contributed by atoms with Crippen LogP contribution in [0.25, 0.3) is 0 Å². The van der Waals surface area contributed by atoms with Crippen molar-refractivity contribution in [3.8, 4) is 0 Å². The van der Waals surface area contributed by atoms with E-state index in [1.54, 1.807) is 0 Å². The fourth-order valence-electron chi connectivity index (χ4n) is 3.14. The Kier molecular flexibility index (Phi) is 5.80. The van der Waals surface area contributed by atoms with Crippen LogP contribution in [0.1, 0.15) is 56.8 Å². The molecule has 0 bridgehead atoms. The first kappa shape index (κ1) is 16.0. The molecule has 3 heteroatoms. The van der Waals surface area contributed by atoms with Crippen molar-refractivity contribution in [2.75, 3.05) is 13.1 Å². The van der Waals surface area contributed by atoms with Crippen molar-refractivity contribution in [2.24, 2.45) is 5.92 Å². The van der Waals surface area contributed by atoms with Crippen LogP contribution in [-0.2, 0) is 11.2 Å². The quantitative estimate of drug-likeness (QED) is 0.836. The SMILES string of the molecule is CCCc1ccc(C(O)CN2CC(CCC)CC2=O)cc1. The summed E-state index contributed by atoms with van der Waals surface area (Å²) in [6.07, 6.45) is 4.49. The van der Waals surface area contributed by atoms with Gasteiger partial charge in [-0.2, -0.15) is 0 Å². The third-order valence-corrected chi connectivity index (χ3v) is 4.29. The highest BCUT2D eigenvalue weighted by molar-refractivity contribution is 5.78. The highest BCUT2D eigenvalue weighted by atomic mass is 16.3. The Morgan fingerprint density at radius 1 is 1.24 bits per heavy atom. The predicted octanol–water partition coefficient (Wildman–Crippen LogP) is 3.32. The van der Waals surface area contributed by atoms with E-state index in [1.165, 1.54) is 5.56 Å². The van der Waals surface area contributed by atoms with Crippen LogP contribution < -0.4 is 0 Å². The van der Waals surface area contributed by atoms with E-state index in [2.05, 4.69) is 26.0 Å². The van der Waals surface area contributed by atoms with E-state index < -0.39 is 6.10 Å². The van der Waals surface area contributed by atoms with Gasteiger partial charge in [0.25, 0.3) is 0 Å². The number of nitrogens with zero attached hydrogens (tertiary/aromatic N) is 1. The number of hydrogen-bond acceptors (Lipinski definition) is 2. The summed E-state index contributed by atoms with van der Waals surface area (Å²) in [6.45, 7) is 5.54. The standard InChI is InChI=1S/C18H27NO2/c1-3-5-14-7-9-16(10-8-14)17(20)13-19-12-15(6-4-2)11-18(19)21/h7-10,15,17,20H,3-6,11-13H2,1-2H3. The maximum Gasteiger partial charge on any atom is 0.223 e. The van der Waals surface area contributed by atoms with Gasteiger partial charge in [-0.15, -0.1) is 0 Å². The minimum Gasteiger partial charge on any atom is -0.387 e. The highest BCUT2D eigenvalue weighted by Crippen LogP contribution is 2.25. The summed E-state index contributed by atoms with van der Waals surface area (Å²) in [7, 11) is 0. The topological polar surface area (TPSA) is 40.5 Å². The molecule has 116 valence electrons. The zero-order valence-electron chi connectivity index (χ0n) is 13.2. The zero-order valence-corrected chi connectivity index (χ0v) is 13.2. The third kappa shape index (κ3) is 4.31. The van der Waals surface area contributed by atoms with E-state index in [-0.39, 0.29) is 5.91 Å². The Morgan fingerprint density at radius 2 is 1.95 bits per heavy atom. The first-order chi connectivity index (χ1) is 10.1. The van der Waals surface area contributed by atoms with Crippen molar-refractivity contribution in [1.29, 1.82) is 0 Å². The summed E-state index contributed by atoms with van der Waals surface area (Å²) in [4.78, 5) is 13.8. The predicted molar refractivity (Wildman–Crippen MR) is 85.0 cm³/mol. The number of amides is 1. The van der Waals surface area contributed by atoms with Gasteiger partial charge in [-0.25, -0.2) is 0 Å². The number of rotatable bonds is 7. The minimum absolute atomic E-state index is 0.190. The number of aryl methyl sites for hydroxylation is 1.